The Hall–Kier alpha value is -0.120. The van der Waals surface area contributed by atoms with E-state index in [1.807, 2.05) is 6.92 Å². The third-order valence-electron chi connectivity index (χ3n) is 3.74. The first-order chi connectivity index (χ1) is 6.08. The van der Waals surface area contributed by atoms with Crippen LogP contribution in [0.3, 0.4) is 0 Å². The first kappa shape index (κ1) is 11.0. The maximum atomic E-state index is 10.2. The van der Waals surface area contributed by atoms with Crippen molar-refractivity contribution in [3.05, 3.63) is 0 Å². The molecule has 1 rings (SSSR count). The summed E-state index contributed by atoms with van der Waals surface area (Å²) in [5.74, 6) is 0. The summed E-state index contributed by atoms with van der Waals surface area (Å²) in [7, 11) is 0. The van der Waals surface area contributed by atoms with Gasteiger partial charge in [-0.1, -0.05) is 19.3 Å². The molecule has 0 bridgehead atoms. The summed E-state index contributed by atoms with van der Waals surface area (Å²) in [4.78, 5) is 0. The molecule has 0 aromatic heterocycles. The van der Waals surface area contributed by atoms with Gasteiger partial charge in [0.2, 0.25) is 0 Å². The third-order valence-corrected chi connectivity index (χ3v) is 3.74. The topological polar surface area (TPSA) is 72.3 Å². The van der Waals surface area contributed by atoms with Crippen LogP contribution in [0.1, 0.15) is 39.0 Å². The fraction of sp³-hybridized carbons (Fsp3) is 1.00. The molecule has 3 heteroatoms. The molecule has 1 fully saturated rings. The van der Waals surface area contributed by atoms with Gasteiger partial charge in [0.05, 0.1) is 5.60 Å². The molecule has 1 aliphatic carbocycles. The van der Waals surface area contributed by atoms with Gasteiger partial charge in [0.25, 0.3) is 0 Å². The van der Waals surface area contributed by atoms with Crippen LogP contribution in [0.15, 0.2) is 0 Å². The minimum atomic E-state index is -0.790. The Morgan fingerprint density at radius 2 is 1.77 bits per heavy atom. The molecule has 0 spiro atoms. The van der Waals surface area contributed by atoms with Gasteiger partial charge in [-0.2, -0.15) is 0 Å². The van der Waals surface area contributed by atoms with Gasteiger partial charge in [0, 0.05) is 18.5 Å². The maximum absolute atomic E-state index is 10.2. The van der Waals surface area contributed by atoms with Crippen LogP contribution in [0.4, 0.5) is 0 Å². The smallest absolute Gasteiger partial charge is 0.0809 e. The number of aliphatic hydroxyl groups is 1. The van der Waals surface area contributed by atoms with Gasteiger partial charge in [-0.3, -0.25) is 0 Å². The summed E-state index contributed by atoms with van der Waals surface area (Å²) < 4.78 is 0. The second-order valence-corrected chi connectivity index (χ2v) is 4.52. The largest absolute Gasteiger partial charge is 0.388 e. The lowest BCUT2D eigenvalue weighted by Gasteiger charge is -2.46. The highest BCUT2D eigenvalue weighted by molar-refractivity contribution is 4.98. The molecule has 0 heterocycles. The summed E-state index contributed by atoms with van der Waals surface area (Å²) in [6.07, 6.45) is 5.66. The number of hydrogen-bond donors (Lipinski definition) is 3. The average Bonchev–Trinajstić information content (AvgIpc) is 2.18. The van der Waals surface area contributed by atoms with Gasteiger partial charge in [-0.25, -0.2) is 0 Å². The van der Waals surface area contributed by atoms with Crippen molar-refractivity contribution in [1.82, 2.24) is 0 Å². The number of hydrogen-bond acceptors (Lipinski definition) is 3. The van der Waals surface area contributed by atoms with E-state index in [2.05, 4.69) is 0 Å². The van der Waals surface area contributed by atoms with Crippen LogP contribution < -0.4 is 11.5 Å². The molecule has 0 saturated heterocycles. The van der Waals surface area contributed by atoms with E-state index in [1.54, 1.807) is 0 Å². The highest BCUT2D eigenvalue weighted by Crippen LogP contribution is 2.43. The zero-order valence-electron chi connectivity index (χ0n) is 8.55. The molecule has 1 unspecified atom stereocenters. The molecule has 13 heavy (non-hydrogen) atoms. The molecule has 0 radical (unpaired) electrons. The van der Waals surface area contributed by atoms with E-state index in [1.165, 1.54) is 19.3 Å². The molecular weight excluding hydrogens is 164 g/mol. The van der Waals surface area contributed by atoms with Gasteiger partial charge < -0.3 is 16.6 Å². The van der Waals surface area contributed by atoms with Gasteiger partial charge in [-0.15, -0.1) is 0 Å². The van der Waals surface area contributed by atoms with Gasteiger partial charge >= 0.3 is 0 Å². The van der Waals surface area contributed by atoms with Crippen molar-refractivity contribution in [1.29, 1.82) is 0 Å². The Kier molecular flexibility index (Phi) is 3.33. The Morgan fingerprint density at radius 1 is 1.23 bits per heavy atom. The molecular formula is C10H22N2O. The van der Waals surface area contributed by atoms with E-state index in [0.717, 1.165) is 12.8 Å². The Labute approximate surface area is 80.5 Å². The summed E-state index contributed by atoms with van der Waals surface area (Å²) in [5.41, 5.74) is 10.5. The van der Waals surface area contributed by atoms with Crippen molar-refractivity contribution >= 4 is 0 Å². The molecule has 78 valence electrons. The summed E-state index contributed by atoms with van der Waals surface area (Å²) in [6, 6.07) is 0. The van der Waals surface area contributed by atoms with E-state index in [-0.39, 0.29) is 5.41 Å². The normalized spacial score (nSPS) is 26.8. The lowest BCUT2D eigenvalue weighted by Crippen LogP contribution is -2.55. The van der Waals surface area contributed by atoms with E-state index in [4.69, 9.17) is 11.5 Å². The maximum Gasteiger partial charge on any atom is 0.0809 e. The highest BCUT2D eigenvalue weighted by Gasteiger charge is 2.45. The first-order valence-corrected chi connectivity index (χ1v) is 5.20. The number of rotatable bonds is 3. The highest BCUT2D eigenvalue weighted by atomic mass is 16.3. The molecule has 0 aliphatic heterocycles. The van der Waals surface area contributed by atoms with Crippen molar-refractivity contribution in [2.45, 2.75) is 44.6 Å². The van der Waals surface area contributed by atoms with Crippen LogP contribution in [0.25, 0.3) is 0 Å². The molecule has 1 saturated carbocycles. The van der Waals surface area contributed by atoms with E-state index < -0.39 is 5.60 Å². The molecule has 0 aromatic rings. The summed E-state index contributed by atoms with van der Waals surface area (Å²) in [6.45, 7) is 2.69. The Morgan fingerprint density at radius 3 is 2.15 bits per heavy atom. The van der Waals surface area contributed by atoms with Gasteiger partial charge in [0.1, 0.15) is 0 Å². The van der Waals surface area contributed by atoms with Crippen LogP contribution in [-0.4, -0.2) is 23.8 Å². The third kappa shape index (κ3) is 1.87. The minimum absolute atomic E-state index is 0.125. The predicted molar refractivity (Wildman–Crippen MR) is 54.3 cm³/mol. The second-order valence-electron chi connectivity index (χ2n) is 4.52. The number of nitrogens with two attached hydrogens (primary N) is 2. The molecule has 0 aromatic carbocycles. The Balaban J connectivity index is 2.78. The van der Waals surface area contributed by atoms with Crippen LogP contribution >= 0.6 is 0 Å². The standard InChI is InChI=1S/C10H22N2O/c1-9(13,7-11)10(8-12)5-3-2-4-6-10/h13H,2-8,11-12H2,1H3. The lowest BCUT2D eigenvalue weighted by molar-refractivity contribution is -0.0780. The average molecular weight is 186 g/mol. The predicted octanol–water partition coefficient (Wildman–Crippen LogP) is 0.605. The molecule has 0 amide bonds. The molecule has 3 nitrogen and oxygen atoms in total. The quantitative estimate of drug-likeness (QED) is 0.604. The van der Waals surface area contributed by atoms with Crippen molar-refractivity contribution < 1.29 is 5.11 Å². The van der Waals surface area contributed by atoms with E-state index in [9.17, 15) is 5.11 Å². The van der Waals surface area contributed by atoms with Crippen LogP contribution in [0, 0.1) is 5.41 Å². The van der Waals surface area contributed by atoms with Crippen LogP contribution in [0.2, 0.25) is 0 Å². The van der Waals surface area contributed by atoms with Crippen molar-refractivity contribution in [3.8, 4) is 0 Å². The van der Waals surface area contributed by atoms with E-state index in [0.29, 0.717) is 13.1 Å². The zero-order chi connectivity index (χ0) is 9.95. The van der Waals surface area contributed by atoms with Crippen molar-refractivity contribution in [2.24, 2.45) is 16.9 Å². The summed E-state index contributed by atoms with van der Waals surface area (Å²) in [5, 5.41) is 10.2. The van der Waals surface area contributed by atoms with E-state index >= 15 is 0 Å². The van der Waals surface area contributed by atoms with Crippen molar-refractivity contribution in [3.63, 3.8) is 0 Å². The molecule has 1 aliphatic rings. The van der Waals surface area contributed by atoms with Gasteiger partial charge in [0.15, 0.2) is 0 Å². The summed E-state index contributed by atoms with van der Waals surface area (Å²) >= 11 is 0. The Bertz CT molecular complexity index is 162. The molecule has 1 atom stereocenters. The van der Waals surface area contributed by atoms with Crippen LogP contribution in [-0.2, 0) is 0 Å². The fourth-order valence-corrected chi connectivity index (χ4v) is 2.41. The molecule has 5 N–H and O–H groups in total. The lowest BCUT2D eigenvalue weighted by atomic mass is 9.64. The fourth-order valence-electron chi connectivity index (χ4n) is 2.41. The first-order valence-electron chi connectivity index (χ1n) is 5.20. The minimum Gasteiger partial charge on any atom is -0.388 e. The van der Waals surface area contributed by atoms with Crippen molar-refractivity contribution in [2.75, 3.05) is 13.1 Å². The SMILES string of the molecule is CC(O)(CN)C1(CN)CCCCC1. The zero-order valence-corrected chi connectivity index (χ0v) is 8.55. The van der Waals surface area contributed by atoms with Gasteiger partial charge in [-0.05, 0) is 19.8 Å². The second kappa shape index (κ2) is 3.95. The van der Waals surface area contributed by atoms with Crippen LogP contribution in [0.5, 0.6) is 0 Å². The monoisotopic (exact) mass is 186 g/mol.